The molecule has 0 saturated heterocycles. The number of halogens is 1. The summed E-state index contributed by atoms with van der Waals surface area (Å²) in [5, 5.41) is 6.10. The standard InChI is InChI=1S/C22H18FN3O3/c23-18-8-10-19(11-9-18)25-21(27)22(28)26-24-14-16-6-12-20(13-7-16)29-15-17-4-2-1-3-5-17/h1-14H,15H2,(H,25,27)(H,26,28)/b24-14-. The molecule has 0 unspecified atom stereocenters. The number of nitrogens with one attached hydrogen (secondary N) is 2. The first kappa shape index (κ1) is 19.8. The molecule has 146 valence electrons. The molecule has 0 aromatic heterocycles. The van der Waals surface area contributed by atoms with Crippen molar-refractivity contribution >= 4 is 23.7 Å². The highest BCUT2D eigenvalue weighted by Crippen LogP contribution is 2.13. The summed E-state index contributed by atoms with van der Waals surface area (Å²) in [6.45, 7) is 0.466. The van der Waals surface area contributed by atoms with Crippen molar-refractivity contribution in [3.05, 3.63) is 95.8 Å². The highest BCUT2D eigenvalue weighted by Gasteiger charge is 2.12. The topological polar surface area (TPSA) is 79.8 Å². The fourth-order valence-electron chi connectivity index (χ4n) is 2.33. The highest BCUT2D eigenvalue weighted by atomic mass is 19.1. The molecule has 0 radical (unpaired) electrons. The first-order chi connectivity index (χ1) is 14.1. The Kier molecular flexibility index (Phi) is 6.67. The maximum atomic E-state index is 12.8. The van der Waals surface area contributed by atoms with Crippen LogP contribution in [0.1, 0.15) is 11.1 Å². The zero-order valence-corrected chi connectivity index (χ0v) is 15.3. The monoisotopic (exact) mass is 391 g/mol. The maximum Gasteiger partial charge on any atom is 0.329 e. The van der Waals surface area contributed by atoms with Gasteiger partial charge in [0, 0.05) is 5.69 Å². The maximum absolute atomic E-state index is 12.8. The van der Waals surface area contributed by atoms with Crippen LogP contribution in [0.25, 0.3) is 0 Å². The van der Waals surface area contributed by atoms with E-state index >= 15 is 0 Å². The molecule has 0 atom stereocenters. The number of ether oxygens (including phenoxy) is 1. The van der Waals surface area contributed by atoms with Gasteiger partial charge in [0.2, 0.25) is 0 Å². The van der Waals surface area contributed by atoms with Crippen molar-refractivity contribution in [3.63, 3.8) is 0 Å². The minimum absolute atomic E-state index is 0.307. The van der Waals surface area contributed by atoms with Crippen LogP contribution in [0.15, 0.2) is 84.0 Å². The number of rotatable bonds is 6. The molecule has 0 aliphatic rings. The first-order valence-electron chi connectivity index (χ1n) is 8.77. The SMILES string of the molecule is O=C(N/N=C\c1ccc(OCc2ccccc2)cc1)C(=O)Nc1ccc(F)cc1. The Labute approximate surface area is 167 Å². The predicted molar refractivity (Wildman–Crippen MR) is 108 cm³/mol. The van der Waals surface area contributed by atoms with Crippen LogP contribution in [0.4, 0.5) is 10.1 Å². The third kappa shape index (κ3) is 6.28. The molecule has 3 aromatic rings. The van der Waals surface area contributed by atoms with Gasteiger partial charge in [-0.15, -0.1) is 0 Å². The van der Waals surface area contributed by atoms with Gasteiger partial charge >= 0.3 is 11.8 Å². The minimum atomic E-state index is -0.937. The molecule has 0 aliphatic heterocycles. The predicted octanol–water partition coefficient (Wildman–Crippen LogP) is 3.49. The number of carbonyl (C=O) groups excluding carboxylic acids is 2. The minimum Gasteiger partial charge on any atom is -0.489 e. The third-order valence-electron chi connectivity index (χ3n) is 3.82. The summed E-state index contributed by atoms with van der Waals surface area (Å²) in [4.78, 5) is 23.5. The van der Waals surface area contributed by atoms with E-state index in [1.165, 1.54) is 30.5 Å². The number of anilines is 1. The first-order valence-corrected chi connectivity index (χ1v) is 8.77. The van der Waals surface area contributed by atoms with E-state index in [0.29, 0.717) is 18.0 Å². The third-order valence-corrected chi connectivity index (χ3v) is 3.82. The lowest BCUT2D eigenvalue weighted by atomic mass is 10.2. The van der Waals surface area contributed by atoms with Crippen LogP contribution in [-0.4, -0.2) is 18.0 Å². The number of hydrogen-bond acceptors (Lipinski definition) is 4. The Hall–Kier alpha value is -4.00. The van der Waals surface area contributed by atoms with Gasteiger partial charge in [0.15, 0.2) is 0 Å². The summed E-state index contributed by atoms with van der Waals surface area (Å²) in [6, 6.07) is 22.0. The van der Waals surface area contributed by atoms with E-state index < -0.39 is 17.6 Å². The molecule has 0 fully saturated rings. The molecule has 0 saturated carbocycles. The van der Waals surface area contributed by atoms with E-state index in [1.807, 2.05) is 30.3 Å². The lowest BCUT2D eigenvalue weighted by Gasteiger charge is -2.06. The molecule has 0 spiro atoms. The Bertz CT molecular complexity index is 988. The van der Waals surface area contributed by atoms with Crippen molar-refractivity contribution in [2.45, 2.75) is 6.61 Å². The van der Waals surface area contributed by atoms with Crippen molar-refractivity contribution in [2.75, 3.05) is 5.32 Å². The van der Waals surface area contributed by atoms with Crippen LogP contribution in [0.3, 0.4) is 0 Å². The second-order valence-corrected chi connectivity index (χ2v) is 6.00. The average molecular weight is 391 g/mol. The fraction of sp³-hybridized carbons (Fsp3) is 0.0455. The van der Waals surface area contributed by atoms with Crippen molar-refractivity contribution in [3.8, 4) is 5.75 Å². The van der Waals surface area contributed by atoms with Gasteiger partial charge in [0.1, 0.15) is 18.2 Å². The number of hydrogen-bond donors (Lipinski definition) is 2. The molecular formula is C22H18FN3O3. The van der Waals surface area contributed by atoms with E-state index in [1.54, 1.807) is 24.3 Å². The van der Waals surface area contributed by atoms with Gasteiger partial charge in [0.05, 0.1) is 6.21 Å². The second kappa shape index (κ2) is 9.80. The fourth-order valence-corrected chi connectivity index (χ4v) is 2.33. The second-order valence-electron chi connectivity index (χ2n) is 6.00. The van der Waals surface area contributed by atoms with Crippen LogP contribution in [-0.2, 0) is 16.2 Å². The quantitative estimate of drug-likeness (QED) is 0.383. The van der Waals surface area contributed by atoms with E-state index in [0.717, 1.165) is 11.1 Å². The van der Waals surface area contributed by atoms with E-state index in [2.05, 4.69) is 15.8 Å². The van der Waals surface area contributed by atoms with E-state index in [-0.39, 0.29) is 0 Å². The average Bonchev–Trinajstić information content (AvgIpc) is 2.75. The zero-order chi connectivity index (χ0) is 20.5. The van der Waals surface area contributed by atoms with Crippen LogP contribution in [0.2, 0.25) is 0 Å². The number of amides is 2. The largest absolute Gasteiger partial charge is 0.489 e. The van der Waals surface area contributed by atoms with Gasteiger partial charge in [-0.2, -0.15) is 5.10 Å². The molecule has 3 aromatic carbocycles. The summed E-state index contributed by atoms with van der Waals surface area (Å²) in [5.74, 6) is -1.57. The zero-order valence-electron chi connectivity index (χ0n) is 15.3. The summed E-state index contributed by atoms with van der Waals surface area (Å²) >= 11 is 0. The van der Waals surface area contributed by atoms with Crippen LogP contribution < -0.4 is 15.5 Å². The Morgan fingerprint density at radius 1 is 0.897 bits per heavy atom. The summed E-state index contributed by atoms with van der Waals surface area (Å²) in [6.07, 6.45) is 1.41. The number of hydrazone groups is 1. The van der Waals surface area contributed by atoms with Crippen molar-refractivity contribution < 1.29 is 18.7 Å². The molecule has 29 heavy (non-hydrogen) atoms. The summed E-state index contributed by atoms with van der Waals surface area (Å²) < 4.78 is 18.5. The number of nitrogens with zero attached hydrogens (tertiary/aromatic N) is 1. The van der Waals surface area contributed by atoms with Gasteiger partial charge in [-0.1, -0.05) is 30.3 Å². The molecule has 0 bridgehead atoms. The van der Waals surface area contributed by atoms with E-state index in [4.69, 9.17) is 4.74 Å². The molecule has 2 amide bonds. The van der Waals surface area contributed by atoms with Gasteiger partial charge < -0.3 is 10.1 Å². The molecule has 7 heteroatoms. The van der Waals surface area contributed by atoms with Crippen molar-refractivity contribution in [1.29, 1.82) is 0 Å². The molecule has 0 heterocycles. The molecule has 0 aliphatic carbocycles. The lowest BCUT2D eigenvalue weighted by molar-refractivity contribution is -0.136. The molecule has 2 N–H and O–H groups in total. The normalized spacial score (nSPS) is 10.5. The molecule has 6 nitrogen and oxygen atoms in total. The smallest absolute Gasteiger partial charge is 0.329 e. The molecular weight excluding hydrogens is 373 g/mol. The summed E-state index contributed by atoms with van der Waals surface area (Å²) in [7, 11) is 0. The number of benzene rings is 3. The van der Waals surface area contributed by atoms with Gasteiger partial charge in [-0.3, -0.25) is 9.59 Å². The van der Waals surface area contributed by atoms with E-state index in [9.17, 15) is 14.0 Å². The lowest BCUT2D eigenvalue weighted by Crippen LogP contribution is -2.32. The van der Waals surface area contributed by atoms with Gasteiger partial charge in [-0.05, 0) is 59.7 Å². The number of carbonyl (C=O) groups is 2. The van der Waals surface area contributed by atoms with Crippen LogP contribution in [0, 0.1) is 5.82 Å². The van der Waals surface area contributed by atoms with Crippen LogP contribution in [0.5, 0.6) is 5.75 Å². The Morgan fingerprint density at radius 2 is 1.59 bits per heavy atom. The Morgan fingerprint density at radius 3 is 2.28 bits per heavy atom. The summed E-state index contributed by atoms with van der Waals surface area (Å²) in [5.41, 5.74) is 4.23. The van der Waals surface area contributed by atoms with Crippen molar-refractivity contribution in [1.82, 2.24) is 5.43 Å². The van der Waals surface area contributed by atoms with Gasteiger partial charge in [0.25, 0.3) is 0 Å². The Balaban J connectivity index is 1.46. The molecule has 3 rings (SSSR count). The highest BCUT2D eigenvalue weighted by molar-refractivity contribution is 6.39. The van der Waals surface area contributed by atoms with Crippen molar-refractivity contribution in [2.24, 2.45) is 5.10 Å². The van der Waals surface area contributed by atoms with Crippen LogP contribution >= 0.6 is 0 Å². The van der Waals surface area contributed by atoms with Gasteiger partial charge in [-0.25, -0.2) is 9.82 Å².